The van der Waals surface area contributed by atoms with Gasteiger partial charge in [-0.1, -0.05) is 66.3 Å². The Kier molecular flexibility index (Phi) is 1.33. The van der Waals surface area contributed by atoms with Crippen molar-refractivity contribution in [3.05, 3.63) is 76.9 Å². The first-order chi connectivity index (χ1) is 8.86. The molecule has 4 aliphatic rings. The summed E-state index contributed by atoms with van der Waals surface area (Å²) in [6, 6.07) is 6.82. The fourth-order valence-corrected chi connectivity index (χ4v) is 4.38. The van der Waals surface area contributed by atoms with Crippen LogP contribution in [0.15, 0.2) is 60.2 Å². The topological polar surface area (TPSA) is 0 Å². The average molecular weight is 230 g/mol. The van der Waals surface area contributed by atoms with E-state index in [1.54, 1.807) is 16.7 Å². The maximum Gasteiger partial charge on any atom is 0.0279 e. The molecule has 0 saturated heterocycles. The van der Waals surface area contributed by atoms with E-state index >= 15 is 0 Å². The number of fused-ring (bicyclic) bond motifs is 1. The molecular formula is C18H14. The second-order valence-electron chi connectivity index (χ2n) is 5.94. The lowest BCUT2D eigenvalue weighted by Gasteiger charge is -2.33. The lowest BCUT2D eigenvalue weighted by Crippen LogP contribution is -2.26. The van der Waals surface area contributed by atoms with Crippen LogP contribution in [0.25, 0.3) is 6.08 Å². The third kappa shape index (κ3) is 0.780. The van der Waals surface area contributed by atoms with Crippen LogP contribution in [0.3, 0.4) is 0 Å². The van der Waals surface area contributed by atoms with E-state index in [1.165, 1.54) is 12.0 Å². The van der Waals surface area contributed by atoms with Crippen LogP contribution < -0.4 is 0 Å². The highest BCUT2D eigenvalue weighted by molar-refractivity contribution is 5.71. The zero-order valence-corrected chi connectivity index (χ0v) is 10.2. The molecule has 2 atom stereocenters. The van der Waals surface area contributed by atoms with E-state index < -0.39 is 0 Å². The number of hydrogen-bond donors (Lipinski definition) is 0. The van der Waals surface area contributed by atoms with E-state index in [-0.39, 0.29) is 5.41 Å². The maximum absolute atomic E-state index is 2.44. The molecule has 0 heterocycles. The van der Waals surface area contributed by atoms with Gasteiger partial charge in [0.1, 0.15) is 0 Å². The Hall–Kier alpha value is -1.82. The molecular weight excluding hydrogens is 216 g/mol. The van der Waals surface area contributed by atoms with Crippen molar-refractivity contribution < 1.29 is 0 Å². The molecule has 4 aliphatic carbocycles. The third-order valence-electron chi connectivity index (χ3n) is 5.31. The van der Waals surface area contributed by atoms with Gasteiger partial charge in [-0.05, 0) is 29.5 Å². The Bertz CT molecular complexity index is 699. The van der Waals surface area contributed by atoms with E-state index in [2.05, 4.69) is 60.7 Å². The van der Waals surface area contributed by atoms with Crippen LogP contribution in [0.4, 0.5) is 0 Å². The van der Waals surface area contributed by atoms with E-state index in [9.17, 15) is 0 Å². The van der Waals surface area contributed by atoms with Crippen LogP contribution in [0.1, 0.15) is 23.1 Å². The van der Waals surface area contributed by atoms with Gasteiger partial charge >= 0.3 is 0 Å². The number of benzene rings is 1. The molecule has 2 unspecified atom stereocenters. The van der Waals surface area contributed by atoms with Crippen molar-refractivity contribution in [1.82, 2.24) is 0 Å². The van der Waals surface area contributed by atoms with E-state index in [4.69, 9.17) is 0 Å². The Morgan fingerprint density at radius 2 is 1.83 bits per heavy atom. The molecule has 1 aromatic carbocycles. The lowest BCUT2D eigenvalue weighted by atomic mass is 9.70. The summed E-state index contributed by atoms with van der Waals surface area (Å²) >= 11 is 0. The Morgan fingerprint density at radius 1 is 0.944 bits per heavy atom. The molecule has 0 radical (unpaired) electrons. The van der Waals surface area contributed by atoms with Crippen LogP contribution >= 0.6 is 0 Å². The first-order valence-corrected chi connectivity index (χ1v) is 6.73. The van der Waals surface area contributed by atoms with Crippen LogP contribution in [-0.2, 0) is 11.8 Å². The van der Waals surface area contributed by atoms with Gasteiger partial charge in [-0.2, -0.15) is 0 Å². The van der Waals surface area contributed by atoms with Gasteiger partial charge in [-0.25, -0.2) is 0 Å². The highest BCUT2D eigenvalue weighted by Gasteiger charge is 2.69. The summed E-state index contributed by atoms with van der Waals surface area (Å²) in [4.78, 5) is 0. The molecule has 0 nitrogen and oxygen atoms in total. The third-order valence-corrected chi connectivity index (χ3v) is 5.31. The molecule has 0 heteroatoms. The maximum atomic E-state index is 2.44. The van der Waals surface area contributed by atoms with Gasteiger partial charge in [0.2, 0.25) is 0 Å². The van der Waals surface area contributed by atoms with Crippen LogP contribution in [0.5, 0.6) is 0 Å². The Morgan fingerprint density at radius 3 is 2.78 bits per heavy atom. The van der Waals surface area contributed by atoms with Crippen molar-refractivity contribution in [2.45, 2.75) is 18.3 Å². The van der Waals surface area contributed by atoms with Gasteiger partial charge in [0.25, 0.3) is 0 Å². The first kappa shape index (κ1) is 9.16. The van der Waals surface area contributed by atoms with Gasteiger partial charge < -0.3 is 0 Å². The van der Waals surface area contributed by atoms with E-state index in [1.807, 2.05) is 0 Å². The second-order valence-corrected chi connectivity index (χ2v) is 5.94. The number of rotatable bonds is 0. The largest absolute Gasteiger partial charge is 0.0730 e. The van der Waals surface area contributed by atoms with Crippen molar-refractivity contribution in [1.29, 1.82) is 0 Å². The van der Waals surface area contributed by atoms with Crippen molar-refractivity contribution >= 4 is 6.08 Å². The minimum atomic E-state index is 0.281. The second kappa shape index (κ2) is 2.61. The van der Waals surface area contributed by atoms with Crippen molar-refractivity contribution in [2.75, 3.05) is 0 Å². The zero-order valence-electron chi connectivity index (χ0n) is 10.2. The van der Waals surface area contributed by atoms with Gasteiger partial charge in [0, 0.05) is 10.8 Å². The van der Waals surface area contributed by atoms with Crippen molar-refractivity contribution in [3.8, 4) is 0 Å². The SMILES string of the molecule is C1=Cc2cccc3c2CC(=C1)C12C=CC=CC31C2. The molecule has 0 spiro atoms. The molecule has 0 N–H and O–H groups in total. The van der Waals surface area contributed by atoms with E-state index in [0.717, 1.165) is 6.42 Å². The van der Waals surface area contributed by atoms with Gasteiger partial charge in [0.15, 0.2) is 0 Å². The Balaban J connectivity index is 1.94. The summed E-state index contributed by atoms with van der Waals surface area (Å²) in [6.07, 6.45) is 18.6. The molecule has 0 aromatic heterocycles. The monoisotopic (exact) mass is 230 g/mol. The summed E-state index contributed by atoms with van der Waals surface area (Å²) in [5, 5.41) is 0. The summed E-state index contributed by atoms with van der Waals surface area (Å²) in [5.74, 6) is 0. The number of allylic oxidation sites excluding steroid dienone is 7. The highest BCUT2D eigenvalue weighted by Crippen LogP contribution is 2.74. The molecule has 2 bridgehead atoms. The van der Waals surface area contributed by atoms with Crippen LogP contribution in [0.2, 0.25) is 0 Å². The predicted octanol–water partition coefficient (Wildman–Crippen LogP) is 3.95. The minimum Gasteiger partial charge on any atom is -0.0730 e. The van der Waals surface area contributed by atoms with E-state index in [0.29, 0.717) is 5.41 Å². The molecule has 5 rings (SSSR count). The van der Waals surface area contributed by atoms with Crippen LogP contribution in [0, 0.1) is 5.41 Å². The lowest BCUT2D eigenvalue weighted by molar-refractivity contribution is 0.608. The number of hydrogen-bond acceptors (Lipinski definition) is 0. The molecule has 1 fully saturated rings. The first-order valence-electron chi connectivity index (χ1n) is 6.73. The standard InChI is InChI=1S/C18H14/c1-2-10-18-12-17(18,9-1)14-7-3-5-13-6-4-8-16(18)15(13)11-14/h1-10H,11-12H2. The molecule has 1 saturated carbocycles. The normalized spacial score (nSPS) is 36.6. The molecule has 1 aromatic rings. The van der Waals surface area contributed by atoms with Crippen LogP contribution in [-0.4, -0.2) is 0 Å². The minimum absolute atomic E-state index is 0.281. The molecule has 0 aliphatic heterocycles. The average Bonchev–Trinajstić information content (AvgIpc) is 3.14. The molecule has 86 valence electrons. The fraction of sp³-hybridized carbons (Fsp3) is 0.222. The quantitative estimate of drug-likeness (QED) is 0.633. The van der Waals surface area contributed by atoms with Gasteiger partial charge in [0.05, 0.1) is 0 Å². The van der Waals surface area contributed by atoms with Gasteiger partial charge in [-0.15, -0.1) is 0 Å². The summed E-state index contributed by atoms with van der Waals surface area (Å²) < 4.78 is 0. The van der Waals surface area contributed by atoms with Gasteiger partial charge in [-0.3, -0.25) is 0 Å². The highest BCUT2D eigenvalue weighted by atomic mass is 14.7. The summed E-state index contributed by atoms with van der Waals surface area (Å²) in [6.45, 7) is 0. The summed E-state index contributed by atoms with van der Waals surface area (Å²) in [5.41, 5.74) is 6.74. The molecule has 18 heavy (non-hydrogen) atoms. The van der Waals surface area contributed by atoms with Crippen molar-refractivity contribution in [2.24, 2.45) is 5.41 Å². The summed E-state index contributed by atoms with van der Waals surface area (Å²) in [7, 11) is 0. The molecule has 0 amide bonds. The predicted molar refractivity (Wildman–Crippen MR) is 74.3 cm³/mol. The Labute approximate surface area is 107 Å². The smallest absolute Gasteiger partial charge is 0.0279 e. The fourth-order valence-electron chi connectivity index (χ4n) is 4.38. The van der Waals surface area contributed by atoms with Crippen molar-refractivity contribution in [3.63, 3.8) is 0 Å². The zero-order chi connectivity index (χ0) is 11.8.